The molecule has 2 N–H and O–H groups in total. The van der Waals surface area contributed by atoms with Gasteiger partial charge in [-0.2, -0.15) is 0 Å². The van der Waals surface area contributed by atoms with Gasteiger partial charge in [0.15, 0.2) is 0 Å². The number of Topliss-reactive ketones (excluding diaryl/α,β-unsaturated/α-hetero) is 1. The quantitative estimate of drug-likeness (QED) is 0.820. The second kappa shape index (κ2) is 4.53. The van der Waals surface area contributed by atoms with Crippen molar-refractivity contribution in [2.45, 2.75) is 20.8 Å². The SMILES string of the molecule is Cc1cc(C)c2c(c1)N(CC(C)CN)C(=O)C2=O. The number of fused-ring (bicyclic) bond motifs is 1. The fraction of sp³-hybridized carbons (Fsp3) is 0.429. The van der Waals surface area contributed by atoms with Crippen LogP contribution in [0.2, 0.25) is 0 Å². The van der Waals surface area contributed by atoms with E-state index in [2.05, 4.69) is 0 Å². The van der Waals surface area contributed by atoms with E-state index in [-0.39, 0.29) is 5.92 Å². The van der Waals surface area contributed by atoms with Crippen LogP contribution in [-0.4, -0.2) is 24.8 Å². The molecule has 0 fully saturated rings. The van der Waals surface area contributed by atoms with Gasteiger partial charge < -0.3 is 10.6 Å². The van der Waals surface area contributed by atoms with Crippen LogP contribution >= 0.6 is 0 Å². The third-order valence-electron chi connectivity index (χ3n) is 3.31. The first-order chi connectivity index (χ1) is 8.45. The van der Waals surface area contributed by atoms with Crippen LogP contribution in [0.15, 0.2) is 12.1 Å². The van der Waals surface area contributed by atoms with Crippen molar-refractivity contribution in [2.24, 2.45) is 11.7 Å². The highest BCUT2D eigenvalue weighted by Gasteiger charge is 2.37. The lowest BCUT2D eigenvalue weighted by Gasteiger charge is -2.20. The Kier molecular flexibility index (Phi) is 3.22. The highest BCUT2D eigenvalue weighted by Crippen LogP contribution is 2.33. The first-order valence-electron chi connectivity index (χ1n) is 6.13. The number of aryl methyl sites for hydroxylation is 2. The molecule has 1 heterocycles. The van der Waals surface area contributed by atoms with Crippen molar-refractivity contribution in [1.29, 1.82) is 0 Å². The van der Waals surface area contributed by atoms with E-state index in [0.29, 0.717) is 18.7 Å². The van der Waals surface area contributed by atoms with Gasteiger partial charge in [0.2, 0.25) is 0 Å². The number of ketones is 1. The average molecular weight is 246 g/mol. The molecule has 1 aromatic carbocycles. The van der Waals surface area contributed by atoms with E-state index < -0.39 is 11.7 Å². The number of anilines is 1. The van der Waals surface area contributed by atoms with Crippen molar-refractivity contribution < 1.29 is 9.59 Å². The third-order valence-corrected chi connectivity index (χ3v) is 3.31. The molecule has 1 amide bonds. The maximum absolute atomic E-state index is 12.0. The predicted octanol–water partition coefficient (Wildman–Crippen LogP) is 1.43. The van der Waals surface area contributed by atoms with E-state index >= 15 is 0 Å². The Morgan fingerprint density at radius 2 is 1.94 bits per heavy atom. The van der Waals surface area contributed by atoms with E-state index in [1.54, 1.807) is 4.90 Å². The van der Waals surface area contributed by atoms with Gasteiger partial charge in [-0.3, -0.25) is 9.59 Å². The van der Waals surface area contributed by atoms with Crippen LogP contribution in [0.1, 0.15) is 28.4 Å². The van der Waals surface area contributed by atoms with Gasteiger partial charge in [0.25, 0.3) is 11.7 Å². The Bertz CT molecular complexity index is 523. The number of nitrogens with zero attached hydrogens (tertiary/aromatic N) is 1. The first kappa shape index (κ1) is 12.8. The average Bonchev–Trinajstić information content (AvgIpc) is 2.54. The van der Waals surface area contributed by atoms with Gasteiger partial charge in [-0.05, 0) is 43.5 Å². The Morgan fingerprint density at radius 1 is 1.28 bits per heavy atom. The number of rotatable bonds is 3. The largest absolute Gasteiger partial charge is 0.330 e. The number of carbonyl (C=O) groups is 2. The molecule has 4 heteroatoms. The van der Waals surface area contributed by atoms with Crippen molar-refractivity contribution in [3.05, 3.63) is 28.8 Å². The summed E-state index contributed by atoms with van der Waals surface area (Å²) in [5.41, 5.74) is 8.80. The molecular formula is C14H18N2O2. The smallest absolute Gasteiger partial charge is 0.299 e. The minimum atomic E-state index is -0.431. The van der Waals surface area contributed by atoms with Crippen LogP contribution in [0.4, 0.5) is 5.69 Å². The summed E-state index contributed by atoms with van der Waals surface area (Å²) in [5, 5.41) is 0. The summed E-state index contributed by atoms with van der Waals surface area (Å²) in [4.78, 5) is 25.6. The van der Waals surface area contributed by atoms with Crippen molar-refractivity contribution in [3.63, 3.8) is 0 Å². The number of nitrogens with two attached hydrogens (primary N) is 1. The molecule has 1 aliphatic heterocycles. The standard InChI is InChI=1S/C14H18N2O2/c1-8-4-10(3)12-11(5-8)16(7-9(2)6-15)14(18)13(12)17/h4-5,9H,6-7,15H2,1-3H3. The molecule has 0 spiro atoms. The van der Waals surface area contributed by atoms with Crippen LogP contribution in [0.3, 0.4) is 0 Å². The van der Waals surface area contributed by atoms with Gasteiger partial charge in [-0.25, -0.2) is 0 Å². The molecule has 1 aliphatic rings. The molecule has 4 nitrogen and oxygen atoms in total. The zero-order valence-electron chi connectivity index (χ0n) is 11.0. The summed E-state index contributed by atoms with van der Waals surface area (Å²) in [6.45, 7) is 6.80. The molecule has 1 aromatic rings. The lowest BCUT2D eigenvalue weighted by atomic mass is 10.0. The van der Waals surface area contributed by atoms with Crippen LogP contribution < -0.4 is 10.6 Å². The second-order valence-corrected chi connectivity index (χ2v) is 5.06. The summed E-state index contributed by atoms with van der Waals surface area (Å²) in [5.74, 6) is -0.653. The van der Waals surface area contributed by atoms with Gasteiger partial charge in [0, 0.05) is 6.54 Å². The molecule has 2 rings (SSSR count). The maximum Gasteiger partial charge on any atom is 0.299 e. The van der Waals surface area contributed by atoms with E-state index in [1.165, 1.54) is 0 Å². The first-order valence-corrected chi connectivity index (χ1v) is 6.13. The highest BCUT2D eigenvalue weighted by molar-refractivity contribution is 6.52. The Hall–Kier alpha value is -1.68. The topological polar surface area (TPSA) is 63.4 Å². The predicted molar refractivity (Wildman–Crippen MR) is 70.8 cm³/mol. The Balaban J connectivity index is 2.48. The molecule has 18 heavy (non-hydrogen) atoms. The second-order valence-electron chi connectivity index (χ2n) is 5.06. The van der Waals surface area contributed by atoms with Gasteiger partial charge in [-0.1, -0.05) is 13.0 Å². The molecule has 0 aromatic heterocycles. The van der Waals surface area contributed by atoms with Crippen LogP contribution in [0.5, 0.6) is 0 Å². The zero-order valence-corrected chi connectivity index (χ0v) is 11.0. The van der Waals surface area contributed by atoms with Crippen LogP contribution in [0.25, 0.3) is 0 Å². The number of amides is 1. The van der Waals surface area contributed by atoms with E-state index in [0.717, 1.165) is 16.8 Å². The fourth-order valence-electron chi connectivity index (χ4n) is 2.36. The van der Waals surface area contributed by atoms with E-state index in [4.69, 9.17) is 5.73 Å². The third kappa shape index (κ3) is 1.93. The van der Waals surface area contributed by atoms with E-state index in [9.17, 15) is 9.59 Å². The minimum absolute atomic E-state index is 0.175. The number of hydrogen-bond acceptors (Lipinski definition) is 3. The molecule has 1 unspecified atom stereocenters. The molecule has 0 saturated carbocycles. The number of benzene rings is 1. The molecular weight excluding hydrogens is 228 g/mol. The Labute approximate surface area is 107 Å². The maximum atomic E-state index is 12.0. The molecule has 0 aliphatic carbocycles. The lowest BCUT2D eigenvalue weighted by Crippen LogP contribution is -2.35. The Morgan fingerprint density at radius 3 is 2.56 bits per heavy atom. The molecule has 0 radical (unpaired) electrons. The van der Waals surface area contributed by atoms with Crippen molar-refractivity contribution in [1.82, 2.24) is 0 Å². The van der Waals surface area contributed by atoms with Gasteiger partial charge in [0.1, 0.15) is 0 Å². The lowest BCUT2D eigenvalue weighted by molar-refractivity contribution is -0.114. The van der Waals surface area contributed by atoms with Crippen LogP contribution in [-0.2, 0) is 4.79 Å². The van der Waals surface area contributed by atoms with Crippen molar-refractivity contribution in [2.75, 3.05) is 18.0 Å². The van der Waals surface area contributed by atoms with Crippen LogP contribution in [0, 0.1) is 19.8 Å². The minimum Gasteiger partial charge on any atom is -0.330 e. The van der Waals surface area contributed by atoms with Crippen molar-refractivity contribution >= 4 is 17.4 Å². The molecule has 0 bridgehead atoms. The monoisotopic (exact) mass is 246 g/mol. The number of hydrogen-bond donors (Lipinski definition) is 1. The molecule has 1 atom stereocenters. The summed E-state index contributed by atoms with van der Waals surface area (Å²) in [6, 6.07) is 3.83. The van der Waals surface area contributed by atoms with Gasteiger partial charge in [0.05, 0.1) is 11.3 Å². The van der Waals surface area contributed by atoms with Crippen molar-refractivity contribution in [3.8, 4) is 0 Å². The fourth-order valence-corrected chi connectivity index (χ4v) is 2.36. The summed E-state index contributed by atoms with van der Waals surface area (Å²) < 4.78 is 0. The van der Waals surface area contributed by atoms with Gasteiger partial charge in [-0.15, -0.1) is 0 Å². The number of carbonyl (C=O) groups excluding carboxylic acids is 2. The zero-order chi connectivity index (χ0) is 13.4. The van der Waals surface area contributed by atoms with E-state index in [1.807, 2.05) is 32.9 Å². The summed E-state index contributed by atoms with van der Waals surface area (Å²) >= 11 is 0. The summed E-state index contributed by atoms with van der Waals surface area (Å²) in [7, 11) is 0. The normalized spacial score (nSPS) is 16.1. The summed E-state index contributed by atoms with van der Waals surface area (Å²) in [6.07, 6.45) is 0. The molecule has 0 saturated heterocycles. The highest BCUT2D eigenvalue weighted by atomic mass is 16.2. The molecule has 96 valence electrons. The van der Waals surface area contributed by atoms with Gasteiger partial charge >= 0.3 is 0 Å².